The summed E-state index contributed by atoms with van der Waals surface area (Å²) in [6.07, 6.45) is 2.82. The van der Waals surface area contributed by atoms with E-state index in [0.29, 0.717) is 13.0 Å². The number of ether oxygens (including phenoxy) is 1. The van der Waals surface area contributed by atoms with Gasteiger partial charge in [0, 0.05) is 13.0 Å². The number of carbonyl (C=O) groups excluding carboxylic acids is 1. The van der Waals surface area contributed by atoms with Gasteiger partial charge in [-0.25, -0.2) is 4.98 Å². The SMILES string of the molecule is COC(=O)CCCn1cnc(C)n1. The van der Waals surface area contributed by atoms with Crippen molar-refractivity contribution in [1.82, 2.24) is 14.8 Å². The molecule has 0 aliphatic rings. The van der Waals surface area contributed by atoms with E-state index >= 15 is 0 Å². The van der Waals surface area contributed by atoms with Gasteiger partial charge in [-0.3, -0.25) is 9.48 Å². The van der Waals surface area contributed by atoms with Crippen molar-refractivity contribution in [2.75, 3.05) is 7.11 Å². The highest BCUT2D eigenvalue weighted by Crippen LogP contribution is 1.95. The van der Waals surface area contributed by atoms with Gasteiger partial charge in [0.05, 0.1) is 7.11 Å². The smallest absolute Gasteiger partial charge is 0.305 e. The fourth-order valence-corrected chi connectivity index (χ4v) is 0.983. The van der Waals surface area contributed by atoms with E-state index in [1.807, 2.05) is 6.92 Å². The molecule has 0 amide bonds. The minimum atomic E-state index is -0.183. The van der Waals surface area contributed by atoms with Crippen LogP contribution in [0.5, 0.6) is 0 Å². The molecule has 0 fully saturated rings. The van der Waals surface area contributed by atoms with Gasteiger partial charge in [0.25, 0.3) is 0 Å². The van der Waals surface area contributed by atoms with Gasteiger partial charge in [0.15, 0.2) is 0 Å². The summed E-state index contributed by atoms with van der Waals surface area (Å²) in [5.41, 5.74) is 0. The molecule has 0 spiro atoms. The Labute approximate surface area is 76.7 Å². The van der Waals surface area contributed by atoms with E-state index in [9.17, 15) is 4.79 Å². The largest absolute Gasteiger partial charge is 0.469 e. The second-order valence-electron chi connectivity index (χ2n) is 2.73. The number of aryl methyl sites for hydroxylation is 2. The van der Waals surface area contributed by atoms with Gasteiger partial charge in [0.1, 0.15) is 12.2 Å². The molecular formula is C8H13N3O2. The molecule has 0 aliphatic carbocycles. The zero-order valence-electron chi connectivity index (χ0n) is 7.86. The summed E-state index contributed by atoms with van der Waals surface area (Å²) in [5.74, 6) is 0.565. The second kappa shape index (κ2) is 4.59. The summed E-state index contributed by atoms with van der Waals surface area (Å²) in [6.45, 7) is 2.53. The van der Waals surface area contributed by atoms with Crippen LogP contribution in [0.15, 0.2) is 6.33 Å². The maximum Gasteiger partial charge on any atom is 0.305 e. The van der Waals surface area contributed by atoms with Crippen LogP contribution in [0.4, 0.5) is 0 Å². The third kappa shape index (κ3) is 3.23. The number of esters is 1. The van der Waals surface area contributed by atoms with Gasteiger partial charge in [-0.2, -0.15) is 5.10 Å². The molecule has 0 atom stereocenters. The van der Waals surface area contributed by atoms with Crippen LogP contribution in [0.25, 0.3) is 0 Å². The van der Waals surface area contributed by atoms with Crippen molar-refractivity contribution >= 4 is 5.97 Å². The Morgan fingerprint density at radius 1 is 1.69 bits per heavy atom. The quantitative estimate of drug-likeness (QED) is 0.639. The van der Waals surface area contributed by atoms with Crippen LogP contribution >= 0.6 is 0 Å². The van der Waals surface area contributed by atoms with Gasteiger partial charge < -0.3 is 4.74 Å². The number of rotatable bonds is 4. The lowest BCUT2D eigenvalue weighted by Gasteiger charge is -1.99. The van der Waals surface area contributed by atoms with E-state index in [1.165, 1.54) is 7.11 Å². The Hall–Kier alpha value is -1.39. The maximum absolute atomic E-state index is 10.7. The maximum atomic E-state index is 10.7. The second-order valence-corrected chi connectivity index (χ2v) is 2.73. The number of hydrogen-bond acceptors (Lipinski definition) is 4. The molecule has 0 unspecified atom stereocenters. The molecule has 13 heavy (non-hydrogen) atoms. The first-order valence-electron chi connectivity index (χ1n) is 4.15. The Morgan fingerprint density at radius 2 is 2.46 bits per heavy atom. The van der Waals surface area contributed by atoms with Crippen molar-refractivity contribution in [3.63, 3.8) is 0 Å². The molecule has 0 N–H and O–H groups in total. The zero-order valence-corrected chi connectivity index (χ0v) is 7.86. The summed E-state index contributed by atoms with van der Waals surface area (Å²) >= 11 is 0. The molecule has 1 rings (SSSR count). The number of carbonyl (C=O) groups is 1. The lowest BCUT2D eigenvalue weighted by Crippen LogP contribution is -2.04. The Morgan fingerprint density at radius 3 is 3.00 bits per heavy atom. The lowest BCUT2D eigenvalue weighted by atomic mass is 10.3. The Kier molecular flexibility index (Phi) is 3.42. The molecule has 1 aromatic heterocycles. The van der Waals surface area contributed by atoms with E-state index in [4.69, 9.17) is 0 Å². The van der Waals surface area contributed by atoms with E-state index in [2.05, 4.69) is 14.8 Å². The van der Waals surface area contributed by atoms with Gasteiger partial charge in [-0.1, -0.05) is 0 Å². The van der Waals surface area contributed by atoms with E-state index in [0.717, 1.165) is 12.2 Å². The van der Waals surface area contributed by atoms with E-state index in [-0.39, 0.29) is 5.97 Å². The standard InChI is InChI=1S/C8H13N3O2/c1-7-9-6-11(10-7)5-3-4-8(12)13-2/h6H,3-5H2,1-2H3. The first kappa shape index (κ1) is 9.70. The van der Waals surface area contributed by atoms with E-state index in [1.54, 1.807) is 11.0 Å². The Balaban J connectivity index is 2.24. The van der Waals surface area contributed by atoms with Crippen molar-refractivity contribution < 1.29 is 9.53 Å². The number of aromatic nitrogens is 3. The van der Waals surface area contributed by atoms with Crippen LogP contribution in [0.2, 0.25) is 0 Å². The topological polar surface area (TPSA) is 57.0 Å². The molecule has 72 valence electrons. The highest BCUT2D eigenvalue weighted by molar-refractivity contribution is 5.68. The molecule has 1 heterocycles. The molecule has 5 heteroatoms. The van der Waals surface area contributed by atoms with Crippen molar-refractivity contribution in [3.8, 4) is 0 Å². The molecule has 1 aromatic rings. The minimum Gasteiger partial charge on any atom is -0.469 e. The molecule has 0 radical (unpaired) electrons. The molecule has 0 aromatic carbocycles. The summed E-state index contributed by atoms with van der Waals surface area (Å²) in [6, 6.07) is 0. The number of hydrogen-bond donors (Lipinski definition) is 0. The summed E-state index contributed by atoms with van der Waals surface area (Å²) < 4.78 is 6.23. The van der Waals surface area contributed by atoms with Gasteiger partial charge in [-0.05, 0) is 13.3 Å². The normalized spacial score (nSPS) is 10.0. The molecule has 0 aliphatic heterocycles. The predicted octanol–water partition coefficient (Wildman–Crippen LogP) is 0.540. The Bertz CT molecular complexity index is 283. The molecule has 0 saturated heterocycles. The van der Waals surface area contributed by atoms with Gasteiger partial charge in [-0.15, -0.1) is 0 Å². The van der Waals surface area contributed by atoms with Gasteiger partial charge >= 0.3 is 5.97 Å². The summed E-state index contributed by atoms with van der Waals surface area (Å²) in [4.78, 5) is 14.7. The van der Waals surface area contributed by atoms with Crippen LogP contribution in [0, 0.1) is 6.92 Å². The highest BCUT2D eigenvalue weighted by atomic mass is 16.5. The first-order valence-corrected chi connectivity index (χ1v) is 4.15. The zero-order chi connectivity index (χ0) is 9.68. The third-order valence-corrected chi connectivity index (χ3v) is 1.65. The van der Waals surface area contributed by atoms with Crippen LogP contribution in [-0.4, -0.2) is 27.8 Å². The van der Waals surface area contributed by atoms with Crippen LogP contribution < -0.4 is 0 Å². The van der Waals surface area contributed by atoms with Crippen molar-refractivity contribution in [1.29, 1.82) is 0 Å². The monoisotopic (exact) mass is 183 g/mol. The average molecular weight is 183 g/mol. The van der Waals surface area contributed by atoms with Crippen molar-refractivity contribution in [3.05, 3.63) is 12.2 Å². The minimum absolute atomic E-state index is 0.183. The fraction of sp³-hybridized carbons (Fsp3) is 0.625. The molecule has 0 saturated carbocycles. The highest BCUT2D eigenvalue weighted by Gasteiger charge is 2.00. The predicted molar refractivity (Wildman–Crippen MR) is 46.0 cm³/mol. The number of nitrogens with zero attached hydrogens (tertiary/aromatic N) is 3. The van der Waals surface area contributed by atoms with Crippen molar-refractivity contribution in [2.24, 2.45) is 0 Å². The van der Waals surface area contributed by atoms with Gasteiger partial charge in [0.2, 0.25) is 0 Å². The number of methoxy groups -OCH3 is 1. The lowest BCUT2D eigenvalue weighted by molar-refractivity contribution is -0.140. The molecule has 0 bridgehead atoms. The van der Waals surface area contributed by atoms with Crippen LogP contribution in [0.3, 0.4) is 0 Å². The molecule has 5 nitrogen and oxygen atoms in total. The van der Waals surface area contributed by atoms with Crippen molar-refractivity contribution in [2.45, 2.75) is 26.3 Å². The van der Waals surface area contributed by atoms with Crippen LogP contribution in [-0.2, 0) is 16.1 Å². The average Bonchev–Trinajstić information content (AvgIpc) is 2.51. The van der Waals surface area contributed by atoms with Crippen LogP contribution in [0.1, 0.15) is 18.7 Å². The molecular weight excluding hydrogens is 170 g/mol. The third-order valence-electron chi connectivity index (χ3n) is 1.65. The summed E-state index contributed by atoms with van der Waals surface area (Å²) in [7, 11) is 1.39. The van der Waals surface area contributed by atoms with E-state index < -0.39 is 0 Å². The summed E-state index contributed by atoms with van der Waals surface area (Å²) in [5, 5.41) is 4.09. The first-order chi connectivity index (χ1) is 6.22. The fourth-order valence-electron chi connectivity index (χ4n) is 0.983.